The van der Waals surface area contributed by atoms with Crippen LogP contribution < -0.4 is 10.2 Å². The molecule has 1 amide bonds. The van der Waals surface area contributed by atoms with Gasteiger partial charge in [0.2, 0.25) is 0 Å². The minimum absolute atomic E-state index is 0.0240. The van der Waals surface area contributed by atoms with E-state index in [4.69, 9.17) is 4.74 Å². The lowest BCUT2D eigenvalue weighted by Crippen LogP contribution is -2.17. The Morgan fingerprint density at radius 1 is 1.42 bits per heavy atom. The first-order valence-electron chi connectivity index (χ1n) is 6.56. The summed E-state index contributed by atoms with van der Waals surface area (Å²) in [6, 6.07) is 8.54. The van der Waals surface area contributed by atoms with E-state index in [2.05, 4.69) is 10.5 Å². The summed E-state index contributed by atoms with van der Waals surface area (Å²) in [5.41, 5.74) is 2.84. The zero-order chi connectivity index (χ0) is 17.7. The van der Waals surface area contributed by atoms with Crippen LogP contribution >= 0.6 is 22.6 Å². The number of phenolic OH excluding ortho intramolecular Hbond substituents is 1. The molecule has 0 radical (unpaired) electrons. The molecule has 0 unspecified atom stereocenters. The SMILES string of the molecule is COc1cc(/C=N\NC(=O)c2cccc([N+](=O)[O-])c2)cc(I)c1O. The molecular formula is C15H12IN3O5. The van der Waals surface area contributed by atoms with Gasteiger partial charge in [0.05, 0.1) is 21.8 Å². The Morgan fingerprint density at radius 2 is 2.17 bits per heavy atom. The number of methoxy groups -OCH3 is 1. The summed E-state index contributed by atoms with van der Waals surface area (Å²) in [6.07, 6.45) is 1.37. The molecule has 9 heteroatoms. The molecule has 0 spiro atoms. The van der Waals surface area contributed by atoms with Crippen LogP contribution in [-0.2, 0) is 0 Å². The van der Waals surface area contributed by atoms with Crippen molar-refractivity contribution in [2.45, 2.75) is 0 Å². The molecule has 0 aliphatic carbocycles. The Bertz CT molecular complexity index is 823. The molecule has 0 bridgehead atoms. The number of amides is 1. The molecule has 0 fully saturated rings. The molecule has 0 saturated heterocycles. The third kappa shape index (κ3) is 4.19. The zero-order valence-electron chi connectivity index (χ0n) is 12.4. The van der Waals surface area contributed by atoms with Gasteiger partial charge in [-0.3, -0.25) is 14.9 Å². The van der Waals surface area contributed by atoms with E-state index in [0.717, 1.165) is 6.07 Å². The van der Waals surface area contributed by atoms with Crippen LogP contribution in [0.25, 0.3) is 0 Å². The first-order valence-corrected chi connectivity index (χ1v) is 7.64. The van der Waals surface area contributed by atoms with Crippen LogP contribution in [0.15, 0.2) is 41.5 Å². The number of carbonyl (C=O) groups is 1. The molecule has 8 nitrogen and oxygen atoms in total. The first-order chi connectivity index (χ1) is 11.4. The average molecular weight is 441 g/mol. The van der Waals surface area contributed by atoms with Crippen LogP contribution in [0.1, 0.15) is 15.9 Å². The van der Waals surface area contributed by atoms with Crippen LogP contribution in [-0.4, -0.2) is 29.3 Å². The van der Waals surface area contributed by atoms with Gasteiger partial charge >= 0.3 is 0 Å². The fourth-order valence-electron chi connectivity index (χ4n) is 1.81. The van der Waals surface area contributed by atoms with Gasteiger partial charge in [0.15, 0.2) is 11.5 Å². The van der Waals surface area contributed by atoms with E-state index in [-0.39, 0.29) is 22.7 Å². The van der Waals surface area contributed by atoms with Crippen molar-refractivity contribution in [3.63, 3.8) is 0 Å². The predicted molar refractivity (Wildman–Crippen MR) is 95.5 cm³/mol. The highest BCUT2D eigenvalue weighted by Crippen LogP contribution is 2.31. The second-order valence-corrected chi connectivity index (χ2v) is 5.72. The molecule has 24 heavy (non-hydrogen) atoms. The molecule has 124 valence electrons. The summed E-state index contributed by atoms with van der Waals surface area (Å²) >= 11 is 1.94. The van der Waals surface area contributed by atoms with Crippen molar-refractivity contribution in [2.24, 2.45) is 5.10 Å². The largest absolute Gasteiger partial charge is 0.504 e. The number of hydrogen-bond donors (Lipinski definition) is 2. The number of aromatic hydroxyl groups is 1. The molecule has 2 rings (SSSR count). The maximum absolute atomic E-state index is 11.9. The topological polar surface area (TPSA) is 114 Å². The highest BCUT2D eigenvalue weighted by atomic mass is 127. The van der Waals surface area contributed by atoms with Crippen LogP contribution in [0.5, 0.6) is 11.5 Å². The van der Waals surface area contributed by atoms with Crippen LogP contribution in [0.2, 0.25) is 0 Å². The quantitative estimate of drug-likeness (QED) is 0.321. The smallest absolute Gasteiger partial charge is 0.271 e. The molecule has 0 atom stereocenters. The number of phenols is 1. The number of nitro groups is 1. The Balaban J connectivity index is 2.11. The molecule has 0 saturated carbocycles. The van der Waals surface area contributed by atoms with Crippen LogP contribution in [0.3, 0.4) is 0 Å². The maximum atomic E-state index is 11.9. The van der Waals surface area contributed by atoms with Crippen molar-refractivity contribution >= 4 is 40.4 Å². The Kier molecular flexibility index (Phi) is 5.68. The van der Waals surface area contributed by atoms with Gasteiger partial charge in [0.1, 0.15) is 0 Å². The normalized spacial score (nSPS) is 10.6. The van der Waals surface area contributed by atoms with Crippen molar-refractivity contribution in [3.05, 3.63) is 61.2 Å². The maximum Gasteiger partial charge on any atom is 0.271 e. The molecule has 0 aromatic heterocycles. The van der Waals surface area contributed by atoms with Gasteiger partial charge in [0.25, 0.3) is 11.6 Å². The summed E-state index contributed by atoms with van der Waals surface area (Å²) in [4.78, 5) is 22.1. The van der Waals surface area contributed by atoms with Crippen molar-refractivity contribution in [1.29, 1.82) is 0 Å². The van der Waals surface area contributed by atoms with E-state index in [1.807, 2.05) is 22.6 Å². The molecule has 2 N–H and O–H groups in total. The lowest BCUT2D eigenvalue weighted by atomic mass is 10.2. The fraction of sp³-hybridized carbons (Fsp3) is 0.0667. The van der Waals surface area contributed by atoms with Crippen molar-refractivity contribution in [1.82, 2.24) is 5.43 Å². The predicted octanol–water partition coefficient (Wildman–Crippen LogP) is 2.68. The number of nitro benzene ring substituents is 1. The lowest BCUT2D eigenvalue weighted by Gasteiger charge is -2.06. The fourth-order valence-corrected chi connectivity index (χ4v) is 2.44. The molecule has 2 aromatic carbocycles. The summed E-state index contributed by atoms with van der Waals surface area (Å²) in [5, 5.41) is 24.3. The summed E-state index contributed by atoms with van der Waals surface area (Å²) < 4.78 is 5.60. The third-order valence-electron chi connectivity index (χ3n) is 2.97. The monoisotopic (exact) mass is 441 g/mol. The van der Waals surface area contributed by atoms with Gasteiger partial charge in [-0.15, -0.1) is 0 Å². The van der Waals surface area contributed by atoms with Gasteiger partial charge in [-0.2, -0.15) is 5.10 Å². The van der Waals surface area contributed by atoms with E-state index in [1.165, 1.54) is 31.5 Å². The Hall–Kier alpha value is -2.69. The number of hydrazone groups is 1. The van der Waals surface area contributed by atoms with Crippen molar-refractivity contribution in [2.75, 3.05) is 7.11 Å². The van der Waals surface area contributed by atoms with Crippen molar-refractivity contribution < 1.29 is 19.6 Å². The zero-order valence-corrected chi connectivity index (χ0v) is 14.6. The van der Waals surface area contributed by atoms with E-state index in [1.54, 1.807) is 12.1 Å². The molecular weight excluding hydrogens is 429 g/mol. The number of rotatable bonds is 5. The lowest BCUT2D eigenvalue weighted by molar-refractivity contribution is -0.384. The van der Waals surface area contributed by atoms with Crippen LogP contribution in [0, 0.1) is 13.7 Å². The van der Waals surface area contributed by atoms with Gasteiger partial charge in [-0.1, -0.05) is 6.07 Å². The number of nitrogens with one attached hydrogen (secondary N) is 1. The second kappa shape index (κ2) is 7.73. The standard InChI is InChI=1S/C15H12IN3O5/c1-24-13-6-9(5-12(16)14(13)20)8-17-18-15(21)10-3-2-4-11(7-10)19(22)23/h2-8,20H,1H3,(H,18,21)/b17-8-. The summed E-state index contributed by atoms with van der Waals surface area (Å²) in [7, 11) is 1.43. The number of non-ortho nitro benzene ring substituents is 1. The number of carbonyl (C=O) groups excluding carboxylic acids is 1. The minimum atomic E-state index is -0.579. The van der Waals surface area contributed by atoms with Gasteiger partial charge in [-0.25, -0.2) is 5.43 Å². The number of benzene rings is 2. The minimum Gasteiger partial charge on any atom is -0.504 e. The number of hydrogen-bond acceptors (Lipinski definition) is 6. The van der Waals surface area contributed by atoms with E-state index in [0.29, 0.717) is 9.13 Å². The highest BCUT2D eigenvalue weighted by molar-refractivity contribution is 14.1. The van der Waals surface area contributed by atoms with E-state index >= 15 is 0 Å². The molecule has 2 aromatic rings. The van der Waals surface area contributed by atoms with Gasteiger partial charge < -0.3 is 9.84 Å². The Labute approximate surface area is 150 Å². The number of nitrogens with zero attached hydrogens (tertiary/aromatic N) is 2. The number of ether oxygens (including phenoxy) is 1. The third-order valence-corrected chi connectivity index (χ3v) is 3.79. The van der Waals surface area contributed by atoms with Crippen molar-refractivity contribution in [3.8, 4) is 11.5 Å². The van der Waals surface area contributed by atoms with E-state index in [9.17, 15) is 20.0 Å². The Morgan fingerprint density at radius 3 is 2.83 bits per heavy atom. The highest BCUT2D eigenvalue weighted by Gasteiger charge is 2.11. The molecule has 0 heterocycles. The molecule has 0 aliphatic rings. The average Bonchev–Trinajstić information content (AvgIpc) is 2.57. The van der Waals surface area contributed by atoms with Crippen LogP contribution in [0.4, 0.5) is 5.69 Å². The number of halogens is 1. The van der Waals surface area contributed by atoms with E-state index < -0.39 is 10.8 Å². The first kappa shape index (κ1) is 17.7. The summed E-state index contributed by atoms with van der Waals surface area (Å²) in [6.45, 7) is 0. The molecule has 0 aliphatic heterocycles. The van der Waals surface area contributed by atoms with Gasteiger partial charge in [0, 0.05) is 17.7 Å². The van der Waals surface area contributed by atoms with Gasteiger partial charge in [-0.05, 0) is 46.4 Å². The second-order valence-electron chi connectivity index (χ2n) is 4.56. The summed E-state index contributed by atoms with van der Waals surface area (Å²) in [5.74, 6) is -0.264.